The van der Waals surface area contributed by atoms with Crippen molar-refractivity contribution in [3.8, 4) is 0 Å². The molecular formula is C12H23N3O3. The van der Waals surface area contributed by atoms with Crippen molar-refractivity contribution in [1.29, 1.82) is 0 Å². The number of hydrogen-bond donors (Lipinski definition) is 2. The zero-order valence-corrected chi connectivity index (χ0v) is 11.5. The standard InChI is InChI=1S/C10H17N3O3.C2H6/c1-5(2)6-3-8(14)13(10(6)16)7(4-11)9(12)15;1-2/h5-7H,3-4,11H2,1-2H3,(H2,12,15);1-2H3. The molecule has 6 heteroatoms. The van der Waals surface area contributed by atoms with Crippen molar-refractivity contribution in [3.05, 3.63) is 0 Å². The monoisotopic (exact) mass is 257 g/mol. The highest BCUT2D eigenvalue weighted by atomic mass is 16.2. The van der Waals surface area contributed by atoms with Gasteiger partial charge < -0.3 is 11.5 Å². The molecule has 1 aliphatic rings. The maximum absolute atomic E-state index is 11.9. The highest BCUT2D eigenvalue weighted by Crippen LogP contribution is 2.27. The third-order valence-electron chi connectivity index (χ3n) is 2.89. The normalized spacial score (nSPS) is 20.8. The molecule has 0 bridgehead atoms. The Hall–Kier alpha value is -1.43. The molecule has 0 radical (unpaired) electrons. The smallest absolute Gasteiger partial charge is 0.242 e. The molecule has 0 saturated carbocycles. The zero-order chi connectivity index (χ0) is 14.5. The first-order valence-electron chi connectivity index (χ1n) is 6.25. The van der Waals surface area contributed by atoms with E-state index in [2.05, 4.69) is 0 Å². The van der Waals surface area contributed by atoms with E-state index in [1.54, 1.807) is 0 Å². The summed E-state index contributed by atoms with van der Waals surface area (Å²) in [5.41, 5.74) is 10.5. The van der Waals surface area contributed by atoms with Crippen LogP contribution in [-0.2, 0) is 14.4 Å². The largest absolute Gasteiger partial charge is 0.368 e. The predicted molar refractivity (Wildman–Crippen MR) is 68.2 cm³/mol. The third kappa shape index (κ3) is 3.29. The van der Waals surface area contributed by atoms with Crippen LogP contribution in [0.3, 0.4) is 0 Å². The van der Waals surface area contributed by atoms with Crippen LogP contribution in [0.2, 0.25) is 0 Å². The fourth-order valence-corrected chi connectivity index (χ4v) is 1.87. The second-order valence-corrected chi connectivity index (χ2v) is 4.31. The maximum Gasteiger partial charge on any atom is 0.242 e. The number of nitrogens with two attached hydrogens (primary N) is 2. The number of rotatable bonds is 4. The molecular weight excluding hydrogens is 234 g/mol. The molecule has 0 aromatic carbocycles. The van der Waals surface area contributed by atoms with Crippen LogP contribution in [0.4, 0.5) is 0 Å². The number of hydrogen-bond acceptors (Lipinski definition) is 4. The number of nitrogens with zero attached hydrogens (tertiary/aromatic N) is 1. The number of carbonyl (C=O) groups excluding carboxylic acids is 3. The Labute approximate surface area is 108 Å². The third-order valence-corrected chi connectivity index (χ3v) is 2.89. The lowest BCUT2D eigenvalue weighted by atomic mass is 9.94. The first kappa shape index (κ1) is 16.6. The minimum atomic E-state index is -1.01. The Morgan fingerprint density at radius 1 is 1.39 bits per heavy atom. The second-order valence-electron chi connectivity index (χ2n) is 4.31. The van der Waals surface area contributed by atoms with Crippen molar-refractivity contribution >= 4 is 17.7 Å². The van der Waals surface area contributed by atoms with Gasteiger partial charge in [0, 0.05) is 18.9 Å². The summed E-state index contributed by atoms with van der Waals surface area (Å²) in [6.45, 7) is 7.60. The van der Waals surface area contributed by atoms with Crippen molar-refractivity contribution < 1.29 is 14.4 Å². The molecule has 0 aliphatic carbocycles. The number of likely N-dealkylation sites (tertiary alicyclic amines) is 1. The number of primary amides is 1. The van der Waals surface area contributed by atoms with Gasteiger partial charge in [-0.05, 0) is 5.92 Å². The zero-order valence-electron chi connectivity index (χ0n) is 11.5. The van der Waals surface area contributed by atoms with Gasteiger partial charge in [0.1, 0.15) is 6.04 Å². The first-order valence-corrected chi connectivity index (χ1v) is 6.25. The maximum atomic E-state index is 11.9. The van der Waals surface area contributed by atoms with E-state index in [4.69, 9.17) is 11.5 Å². The summed E-state index contributed by atoms with van der Waals surface area (Å²) in [6.07, 6.45) is 0.139. The molecule has 104 valence electrons. The molecule has 4 N–H and O–H groups in total. The van der Waals surface area contributed by atoms with Gasteiger partial charge in [-0.2, -0.15) is 0 Å². The molecule has 3 amide bonds. The lowest BCUT2D eigenvalue weighted by molar-refractivity contribution is -0.146. The molecule has 1 heterocycles. The lowest BCUT2D eigenvalue weighted by Crippen LogP contribution is -2.52. The molecule has 6 nitrogen and oxygen atoms in total. The van der Waals surface area contributed by atoms with E-state index in [1.165, 1.54) is 0 Å². The van der Waals surface area contributed by atoms with Crippen LogP contribution in [0.1, 0.15) is 34.1 Å². The van der Waals surface area contributed by atoms with Crippen LogP contribution >= 0.6 is 0 Å². The van der Waals surface area contributed by atoms with Gasteiger partial charge >= 0.3 is 0 Å². The number of imide groups is 1. The summed E-state index contributed by atoms with van der Waals surface area (Å²) < 4.78 is 0. The van der Waals surface area contributed by atoms with E-state index >= 15 is 0 Å². The summed E-state index contributed by atoms with van der Waals surface area (Å²) in [4.78, 5) is 35.6. The van der Waals surface area contributed by atoms with Crippen molar-refractivity contribution in [1.82, 2.24) is 4.90 Å². The van der Waals surface area contributed by atoms with E-state index in [0.717, 1.165) is 4.90 Å². The summed E-state index contributed by atoms with van der Waals surface area (Å²) in [6, 6.07) is -1.01. The molecule has 0 spiro atoms. The molecule has 0 aromatic rings. The second kappa shape index (κ2) is 7.10. The summed E-state index contributed by atoms with van der Waals surface area (Å²) in [7, 11) is 0. The number of carbonyl (C=O) groups is 3. The van der Waals surface area contributed by atoms with Crippen LogP contribution in [0, 0.1) is 11.8 Å². The van der Waals surface area contributed by atoms with Gasteiger partial charge in [0.25, 0.3) is 0 Å². The van der Waals surface area contributed by atoms with Gasteiger partial charge in [-0.1, -0.05) is 27.7 Å². The Bertz CT molecular complexity index is 329. The van der Waals surface area contributed by atoms with Crippen LogP contribution in [-0.4, -0.2) is 35.2 Å². The fraction of sp³-hybridized carbons (Fsp3) is 0.750. The summed E-state index contributed by atoms with van der Waals surface area (Å²) in [5.74, 6) is -1.74. The molecule has 0 aromatic heterocycles. The Kier molecular flexibility index (Phi) is 6.54. The van der Waals surface area contributed by atoms with Gasteiger partial charge in [-0.25, -0.2) is 0 Å². The van der Waals surface area contributed by atoms with Crippen LogP contribution in [0.5, 0.6) is 0 Å². The molecule has 2 atom stereocenters. The molecule has 1 rings (SSSR count). The Morgan fingerprint density at radius 3 is 2.17 bits per heavy atom. The van der Waals surface area contributed by atoms with E-state index in [0.29, 0.717) is 0 Å². The molecule has 1 saturated heterocycles. The molecule has 2 unspecified atom stereocenters. The molecule has 1 fully saturated rings. The van der Waals surface area contributed by atoms with Gasteiger partial charge in [-0.3, -0.25) is 19.3 Å². The average Bonchev–Trinajstić information content (AvgIpc) is 2.60. The van der Waals surface area contributed by atoms with Crippen molar-refractivity contribution in [2.24, 2.45) is 23.3 Å². The average molecular weight is 257 g/mol. The van der Waals surface area contributed by atoms with Crippen LogP contribution in [0.25, 0.3) is 0 Å². The fourth-order valence-electron chi connectivity index (χ4n) is 1.87. The van der Waals surface area contributed by atoms with E-state index in [-0.39, 0.29) is 36.6 Å². The summed E-state index contributed by atoms with van der Waals surface area (Å²) in [5, 5.41) is 0. The Morgan fingerprint density at radius 2 is 1.89 bits per heavy atom. The summed E-state index contributed by atoms with van der Waals surface area (Å²) >= 11 is 0. The van der Waals surface area contributed by atoms with Gasteiger partial charge in [0.2, 0.25) is 17.7 Å². The van der Waals surface area contributed by atoms with Crippen molar-refractivity contribution in [3.63, 3.8) is 0 Å². The molecule has 1 aliphatic heterocycles. The van der Waals surface area contributed by atoms with Crippen molar-refractivity contribution in [2.45, 2.75) is 40.2 Å². The Balaban J connectivity index is 0.00000137. The van der Waals surface area contributed by atoms with Gasteiger partial charge in [0.05, 0.1) is 0 Å². The number of amides is 3. The predicted octanol–water partition coefficient (Wildman–Crippen LogP) is -0.144. The van der Waals surface area contributed by atoms with Crippen LogP contribution in [0.15, 0.2) is 0 Å². The van der Waals surface area contributed by atoms with Gasteiger partial charge in [-0.15, -0.1) is 0 Å². The molecule has 18 heavy (non-hydrogen) atoms. The topological polar surface area (TPSA) is 106 Å². The quantitative estimate of drug-likeness (QED) is 0.683. The minimum Gasteiger partial charge on any atom is -0.368 e. The first-order chi connectivity index (χ1) is 8.40. The SMILES string of the molecule is CC.CC(C)C1CC(=O)N(C(CN)C(N)=O)C1=O. The highest BCUT2D eigenvalue weighted by molar-refractivity contribution is 6.06. The van der Waals surface area contributed by atoms with E-state index in [9.17, 15) is 14.4 Å². The van der Waals surface area contributed by atoms with Crippen LogP contribution < -0.4 is 11.5 Å². The minimum absolute atomic E-state index is 0.0627. The van der Waals surface area contributed by atoms with Gasteiger partial charge in [0.15, 0.2) is 0 Å². The van der Waals surface area contributed by atoms with Crippen molar-refractivity contribution in [2.75, 3.05) is 6.54 Å². The lowest BCUT2D eigenvalue weighted by Gasteiger charge is -2.22. The highest BCUT2D eigenvalue weighted by Gasteiger charge is 2.44. The van der Waals surface area contributed by atoms with E-state index < -0.39 is 11.9 Å². The van der Waals surface area contributed by atoms with E-state index in [1.807, 2.05) is 27.7 Å².